The van der Waals surface area contributed by atoms with Crippen LogP contribution < -0.4 is 5.73 Å². The third-order valence-corrected chi connectivity index (χ3v) is 3.98. The van der Waals surface area contributed by atoms with Crippen molar-refractivity contribution in [1.82, 2.24) is 4.90 Å². The summed E-state index contributed by atoms with van der Waals surface area (Å²) in [4.78, 5) is 25.8. The number of anilines is 1. The van der Waals surface area contributed by atoms with E-state index in [9.17, 15) is 9.59 Å². The lowest BCUT2D eigenvalue weighted by atomic mass is 10.1. The van der Waals surface area contributed by atoms with E-state index in [0.29, 0.717) is 23.4 Å². The molecule has 21 heavy (non-hydrogen) atoms. The second-order valence-electron chi connectivity index (χ2n) is 5.69. The van der Waals surface area contributed by atoms with Crippen LogP contribution in [-0.2, 0) is 0 Å². The van der Waals surface area contributed by atoms with Crippen molar-refractivity contribution in [3.8, 4) is 0 Å². The maximum absolute atomic E-state index is 12.2. The maximum atomic E-state index is 12.2. The zero-order valence-electron chi connectivity index (χ0n) is 12.7. The summed E-state index contributed by atoms with van der Waals surface area (Å²) in [7, 11) is 0. The average molecular weight is 288 g/mol. The highest BCUT2D eigenvalue weighted by atomic mass is 16.2. The largest absolute Gasteiger partial charge is 0.399 e. The Balaban J connectivity index is 1.81. The van der Waals surface area contributed by atoms with Crippen LogP contribution in [0.5, 0.6) is 0 Å². The van der Waals surface area contributed by atoms with Gasteiger partial charge in [0, 0.05) is 12.2 Å². The van der Waals surface area contributed by atoms with Gasteiger partial charge in [-0.1, -0.05) is 45.4 Å². The van der Waals surface area contributed by atoms with Crippen molar-refractivity contribution in [2.24, 2.45) is 0 Å². The predicted octanol–water partition coefficient (Wildman–Crippen LogP) is 3.62. The number of amides is 2. The molecule has 114 valence electrons. The van der Waals surface area contributed by atoms with Crippen LogP contribution in [0, 0.1) is 0 Å². The molecule has 0 aromatic heterocycles. The van der Waals surface area contributed by atoms with Crippen molar-refractivity contribution in [2.45, 2.75) is 51.9 Å². The number of nitrogen functional groups attached to an aromatic ring is 1. The van der Waals surface area contributed by atoms with E-state index in [4.69, 9.17) is 5.73 Å². The Morgan fingerprint density at radius 2 is 1.52 bits per heavy atom. The first-order valence-electron chi connectivity index (χ1n) is 7.91. The normalized spacial score (nSPS) is 13.9. The lowest BCUT2D eigenvalue weighted by Crippen LogP contribution is -2.30. The smallest absolute Gasteiger partial charge is 0.261 e. The molecule has 1 heterocycles. The topological polar surface area (TPSA) is 63.4 Å². The van der Waals surface area contributed by atoms with Crippen molar-refractivity contribution in [1.29, 1.82) is 0 Å². The fourth-order valence-electron chi connectivity index (χ4n) is 2.74. The highest BCUT2D eigenvalue weighted by Crippen LogP contribution is 2.25. The van der Waals surface area contributed by atoms with Gasteiger partial charge in [-0.3, -0.25) is 14.5 Å². The van der Waals surface area contributed by atoms with Crippen LogP contribution in [0.25, 0.3) is 0 Å². The molecule has 0 radical (unpaired) electrons. The number of carbonyl (C=O) groups excluding carboxylic acids is 2. The van der Waals surface area contributed by atoms with Crippen molar-refractivity contribution in [2.75, 3.05) is 12.3 Å². The second-order valence-corrected chi connectivity index (χ2v) is 5.69. The average Bonchev–Trinajstić information content (AvgIpc) is 2.70. The van der Waals surface area contributed by atoms with E-state index >= 15 is 0 Å². The Bertz CT molecular complexity index is 526. The molecule has 0 bridgehead atoms. The number of unbranched alkanes of at least 4 members (excludes halogenated alkanes) is 6. The second kappa shape index (κ2) is 7.25. The molecule has 0 saturated heterocycles. The number of carbonyl (C=O) groups is 2. The summed E-state index contributed by atoms with van der Waals surface area (Å²) in [6.07, 6.45) is 8.19. The van der Waals surface area contributed by atoms with E-state index < -0.39 is 0 Å². The number of nitrogens with zero attached hydrogens (tertiary/aromatic N) is 1. The highest BCUT2D eigenvalue weighted by molar-refractivity contribution is 6.21. The third kappa shape index (κ3) is 3.63. The number of nitrogens with two attached hydrogens (primary N) is 1. The maximum Gasteiger partial charge on any atom is 0.261 e. The molecule has 1 aliphatic heterocycles. The lowest BCUT2D eigenvalue weighted by Gasteiger charge is -2.13. The molecular weight excluding hydrogens is 264 g/mol. The minimum absolute atomic E-state index is 0.180. The van der Waals surface area contributed by atoms with Crippen LogP contribution >= 0.6 is 0 Å². The van der Waals surface area contributed by atoms with Gasteiger partial charge in [0.2, 0.25) is 0 Å². The van der Waals surface area contributed by atoms with Gasteiger partial charge in [-0.05, 0) is 24.6 Å². The van der Waals surface area contributed by atoms with Gasteiger partial charge in [-0.15, -0.1) is 0 Å². The summed E-state index contributed by atoms with van der Waals surface area (Å²) >= 11 is 0. The van der Waals surface area contributed by atoms with Crippen LogP contribution in [-0.4, -0.2) is 23.3 Å². The Morgan fingerprint density at radius 1 is 0.905 bits per heavy atom. The SMILES string of the molecule is CCCCCCCCCN1C(=O)c2ccc(N)cc2C1=O. The van der Waals surface area contributed by atoms with Crippen LogP contribution in [0.2, 0.25) is 0 Å². The summed E-state index contributed by atoms with van der Waals surface area (Å²) in [5.74, 6) is -0.380. The quantitative estimate of drug-likeness (QED) is 0.451. The zero-order chi connectivity index (χ0) is 15.2. The van der Waals surface area contributed by atoms with Crippen LogP contribution in [0.15, 0.2) is 18.2 Å². The molecule has 0 fully saturated rings. The minimum Gasteiger partial charge on any atom is -0.399 e. The minimum atomic E-state index is -0.201. The van der Waals surface area contributed by atoms with Gasteiger partial charge in [0.1, 0.15) is 0 Å². The fraction of sp³-hybridized carbons (Fsp3) is 0.529. The summed E-state index contributed by atoms with van der Waals surface area (Å²) in [5.41, 5.74) is 7.13. The Labute approximate surface area is 126 Å². The molecule has 0 spiro atoms. The monoisotopic (exact) mass is 288 g/mol. The standard InChI is InChI=1S/C17H24N2O2/c1-2-3-4-5-6-7-8-11-19-16(20)14-10-9-13(18)12-15(14)17(19)21/h9-10,12H,2-8,11,18H2,1H3. The van der Waals surface area contributed by atoms with Crippen LogP contribution in [0.3, 0.4) is 0 Å². The molecule has 1 aliphatic rings. The summed E-state index contributed by atoms with van der Waals surface area (Å²) in [6.45, 7) is 2.72. The van der Waals surface area contributed by atoms with Gasteiger partial charge in [0.15, 0.2) is 0 Å². The number of fused-ring (bicyclic) bond motifs is 1. The third-order valence-electron chi connectivity index (χ3n) is 3.98. The fourth-order valence-corrected chi connectivity index (χ4v) is 2.74. The number of benzene rings is 1. The number of hydrogen-bond acceptors (Lipinski definition) is 3. The van der Waals surface area contributed by atoms with Crippen molar-refractivity contribution in [3.05, 3.63) is 29.3 Å². The molecule has 1 aromatic carbocycles. The summed E-state index contributed by atoms with van der Waals surface area (Å²) in [6, 6.07) is 4.91. The molecule has 2 rings (SSSR count). The molecular formula is C17H24N2O2. The molecule has 2 N–H and O–H groups in total. The van der Waals surface area contributed by atoms with E-state index in [-0.39, 0.29) is 11.8 Å². The van der Waals surface area contributed by atoms with E-state index in [1.54, 1.807) is 18.2 Å². The van der Waals surface area contributed by atoms with Crippen LogP contribution in [0.1, 0.15) is 72.6 Å². The summed E-state index contributed by atoms with van der Waals surface area (Å²) in [5, 5.41) is 0. The van der Waals surface area contributed by atoms with Gasteiger partial charge < -0.3 is 5.73 Å². The molecule has 2 amide bonds. The van der Waals surface area contributed by atoms with Crippen LogP contribution in [0.4, 0.5) is 5.69 Å². The Kier molecular flexibility index (Phi) is 5.37. The first kappa shape index (κ1) is 15.5. The van der Waals surface area contributed by atoms with E-state index in [1.807, 2.05) is 0 Å². The predicted molar refractivity (Wildman–Crippen MR) is 84.2 cm³/mol. The highest BCUT2D eigenvalue weighted by Gasteiger charge is 2.34. The molecule has 1 aromatic rings. The summed E-state index contributed by atoms with van der Waals surface area (Å²) < 4.78 is 0. The molecule has 0 unspecified atom stereocenters. The first-order valence-corrected chi connectivity index (χ1v) is 7.91. The molecule has 4 heteroatoms. The number of hydrogen-bond donors (Lipinski definition) is 1. The number of rotatable bonds is 8. The molecule has 4 nitrogen and oxygen atoms in total. The van der Waals surface area contributed by atoms with Gasteiger partial charge in [-0.2, -0.15) is 0 Å². The van der Waals surface area contributed by atoms with E-state index in [1.165, 1.54) is 37.0 Å². The van der Waals surface area contributed by atoms with E-state index in [2.05, 4.69) is 6.92 Å². The van der Waals surface area contributed by atoms with Gasteiger partial charge in [0.05, 0.1) is 11.1 Å². The molecule has 0 atom stereocenters. The van der Waals surface area contributed by atoms with Crippen molar-refractivity contribution >= 4 is 17.5 Å². The van der Waals surface area contributed by atoms with Crippen molar-refractivity contribution < 1.29 is 9.59 Å². The van der Waals surface area contributed by atoms with Crippen molar-refractivity contribution in [3.63, 3.8) is 0 Å². The van der Waals surface area contributed by atoms with Gasteiger partial charge in [0.25, 0.3) is 11.8 Å². The van der Waals surface area contributed by atoms with E-state index in [0.717, 1.165) is 12.8 Å². The Hall–Kier alpha value is -1.84. The first-order chi connectivity index (χ1) is 10.1. The molecule has 0 aliphatic carbocycles. The van der Waals surface area contributed by atoms with Gasteiger partial charge >= 0.3 is 0 Å². The lowest BCUT2D eigenvalue weighted by molar-refractivity contribution is 0.0651. The van der Waals surface area contributed by atoms with Gasteiger partial charge in [-0.25, -0.2) is 0 Å². The Morgan fingerprint density at radius 3 is 2.24 bits per heavy atom. The number of imide groups is 1. The zero-order valence-corrected chi connectivity index (χ0v) is 12.7. The molecule has 0 saturated carbocycles.